The summed E-state index contributed by atoms with van der Waals surface area (Å²) >= 11 is 3.52. The Morgan fingerprint density at radius 1 is 1.38 bits per heavy atom. The van der Waals surface area contributed by atoms with E-state index in [9.17, 15) is 0 Å². The second-order valence-corrected chi connectivity index (χ2v) is 4.67. The highest BCUT2D eigenvalue weighted by Gasteiger charge is 2.11. The van der Waals surface area contributed by atoms with E-state index in [0.29, 0.717) is 0 Å². The molecule has 3 nitrogen and oxygen atoms in total. The summed E-state index contributed by atoms with van der Waals surface area (Å²) in [6.45, 7) is 0. The number of halogens is 1. The number of rotatable bonds is 3. The van der Waals surface area contributed by atoms with Crippen LogP contribution in [0.15, 0.2) is 41.0 Å². The maximum atomic E-state index is 6.11. The molecule has 0 saturated carbocycles. The van der Waals surface area contributed by atoms with Gasteiger partial charge in [0.2, 0.25) is 0 Å². The first-order valence-corrected chi connectivity index (χ1v) is 5.94. The van der Waals surface area contributed by atoms with Crippen molar-refractivity contribution < 1.29 is 0 Å². The molecule has 2 rings (SSSR count). The third kappa shape index (κ3) is 2.51. The van der Waals surface area contributed by atoms with Crippen LogP contribution in [0.4, 0.5) is 0 Å². The van der Waals surface area contributed by atoms with E-state index < -0.39 is 0 Å². The summed E-state index contributed by atoms with van der Waals surface area (Å²) in [5, 5.41) is 4.31. The molecule has 0 amide bonds. The minimum Gasteiger partial charge on any atom is -0.322 e. The Kier molecular flexibility index (Phi) is 3.41. The monoisotopic (exact) mass is 279 g/mol. The highest BCUT2D eigenvalue weighted by Crippen LogP contribution is 2.21. The van der Waals surface area contributed by atoms with E-state index in [1.807, 2.05) is 37.5 Å². The van der Waals surface area contributed by atoms with Crippen molar-refractivity contribution in [1.82, 2.24) is 9.78 Å². The molecule has 1 atom stereocenters. The minimum absolute atomic E-state index is 0.0556. The third-order valence-electron chi connectivity index (χ3n) is 2.51. The minimum atomic E-state index is -0.0556. The number of nitrogens with zero attached hydrogens (tertiary/aromatic N) is 2. The molecule has 1 heterocycles. The van der Waals surface area contributed by atoms with Crippen LogP contribution in [0, 0.1) is 0 Å². The fraction of sp³-hybridized carbons (Fsp3) is 0.250. The van der Waals surface area contributed by atoms with Crippen LogP contribution in [-0.2, 0) is 13.5 Å². The average molecular weight is 280 g/mol. The average Bonchev–Trinajstić information content (AvgIpc) is 2.68. The van der Waals surface area contributed by atoms with Crippen molar-refractivity contribution in [2.75, 3.05) is 0 Å². The van der Waals surface area contributed by atoms with Gasteiger partial charge in [0.25, 0.3) is 0 Å². The van der Waals surface area contributed by atoms with Crippen LogP contribution in [0.25, 0.3) is 0 Å². The van der Waals surface area contributed by atoms with Gasteiger partial charge in [-0.05, 0) is 24.1 Å². The standard InChI is InChI=1S/C12H14BrN3/c1-16-7-6-12(15-16)11(14)8-9-4-2-3-5-10(9)13/h2-7,11H,8,14H2,1H3. The molecule has 2 aromatic rings. The van der Waals surface area contributed by atoms with Gasteiger partial charge in [0.15, 0.2) is 0 Å². The molecule has 0 fully saturated rings. The molecule has 0 aliphatic rings. The highest BCUT2D eigenvalue weighted by molar-refractivity contribution is 9.10. The van der Waals surface area contributed by atoms with Crippen LogP contribution in [-0.4, -0.2) is 9.78 Å². The molecule has 0 aliphatic carbocycles. The summed E-state index contributed by atoms with van der Waals surface area (Å²) in [6, 6.07) is 10.0. The van der Waals surface area contributed by atoms with Crippen LogP contribution in [0.5, 0.6) is 0 Å². The van der Waals surface area contributed by atoms with Crippen molar-refractivity contribution in [3.05, 3.63) is 52.3 Å². The summed E-state index contributed by atoms with van der Waals surface area (Å²) < 4.78 is 2.87. The van der Waals surface area contributed by atoms with Gasteiger partial charge in [0.05, 0.1) is 11.7 Å². The van der Waals surface area contributed by atoms with E-state index >= 15 is 0 Å². The van der Waals surface area contributed by atoms with E-state index in [0.717, 1.165) is 16.6 Å². The van der Waals surface area contributed by atoms with Crippen molar-refractivity contribution in [1.29, 1.82) is 0 Å². The molecule has 0 bridgehead atoms. The molecule has 0 saturated heterocycles. The topological polar surface area (TPSA) is 43.8 Å². The lowest BCUT2D eigenvalue weighted by Gasteiger charge is -2.10. The third-order valence-corrected chi connectivity index (χ3v) is 3.29. The van der Waals surface area contributed by atoms with Gasteiger partial charge >= 0.3 is 0 Å². The molecule has 0 aliphatic heterocycles. The second-order valence-electron chi connectivity index (χ2n) is 3.82. The summed E-state index contributed by atoms with van der Waals surface area (Å²) in [5.41, 5.74) is 8.25. The molecule has 0 spiro atoms. The molecular weight excluding hydrogens is 266 g/mol. The largest absolute Gasteiger partial charge is 0.322 e. The van der Waals surface area contributed by atoms with Crippen molar-refractivity contribution in [2.45, 2.75) is 12.5 Å². The predicted octanol–water partition coefficient (Wildman–Crippen LogP) is 2.43. The first kappa shape index (κ1) is 11.4. The van der Waals surface area contributed by atoms with E-state index in [1.54, 1.807) is 4.68 Å². The van der Waals surface area contributed by atoms with Crippen molar-refractivity contribution in [2.24, 2.45) is 12.8 Å². The number of hydrogen-bond acceptors (Lipinski definition) is 2. The Labute approximate surface area is 103 Å². The number of hydrogen-bond donors (Lipinski definition) is 1. The molecule has 1 aromatic heterocycles. The van der Waals surface area contributed by atoms with E-state index in [1.165, 1.54) is 5.56 Å². The lowest BCUT2D eigenvalue weighted by atomic mass is 10.0. The van der Waals surface area contributed by atoms with Gasteiger partial charge in [-0.2, -0.15) is 5.10 Å². The number of nitrogens with two attached hydrogens (primary N) is 1. The van der Waals surface area contributed by atoms with Crippen molar-refractivity contribution >= 4 is 15.9 Å². The molecule has 16 heavy (non-hydrogen) atoms. The molecule has 4 heteroatoms. The van der Waals surface area contributed by atoms with Gasteiger partial charge in [-0.3, -0.25) is 4.68 Å². The lowest BCUT2D eigenvalue weighted by Crippen LogP contribution is -2.14. The number of benzene rings is 1. The van der Waals surface area contributed by atoms with Gasteiger partial charge in [-0.25, -0.2) is 0 Å². The zero-order valence-corrected chi connectivity index (χ0v) is 10.7. The van der Waals surface area contributed by atoms with E-state index in [4.69, 9.17) is 5.73 Å². The predicted molar refractivity (Wildman–Crippen MR) is 68.0 cm³/mol. The van der Waals surface area contributed by atoms with Crippen LogP contribution in [0.3, 0.4) is 0 Å². The Morgan fingerprint density at radius 2 is 2.12 bits per heavy atom. The molecule has 2 N–H and O–H groups in total. The quantitative estimate of drug-likeness (QED) is 0.938. The van der Waals surface area contributed by atoms with Crippen LogP contribution in [0.2, 0.25) is 0 Å². The molecule has 84 valence electrons. The molecule has 1 unspecified atom stereocenters. The fourth-order valence-electron chi connectivity index (χ4n) is 1.64. The van der Waals surface area contributed by atoms with Crippen LogP contribution >= 0.6 is 15.9 Å². The lowest BCUT2D eigenvalue weighted by molar-refractivity contribution is 0.656. The van der Waals surface area contributed by atoms with Crippen LogP contribution < -0.4 is 5.73 Å². The van der Waals surface area contributed by atoms with Crippen molar-refractivity contribution in [3.8, 4) is 0 Å². The first-order chi connectivity index (χ1) is 7.66. The Morgan fingerprint density at radius 3 is 2.75 bits per heavy atom. The van der Waals surface area contributed by atoms with Gasteiger partial charge < -0.3 is 5.73 Å². The zero-order chi connectivity index (χ0) is 11.5. The van der Waals surface area contributed by atoms with Gasteiger partial charge in [0.1, 0.15) is 0 Å². The number of aryl methyl sites for hydroxylation is 1. The zero-order valence-electron chi connectivity index (χ0n) is 9.10. The highest BCUT2D eigenvalue weighted by atomic mass is 79.9. The summed E-state index contributed by atoms with van der Waals surface area (Å²) in [4.78, 5) is 0. The van der Waals surface area contributed by atoms with E-state index in [-0.39, 0.29) is 6.04 Å². The van der Waals surface area contributed by atoms with Gasteiger partial charge in [-0.15, -0.1) is 0 Å². The van der Waals surface area contributed by atoms with Gasteiger partial charge in [-0.1, -0.05) is 34.1 Å². The molecule has 1 aromatic carbocycles. The van der Waals surface area contributed by atoms with Crippen molar-refractivity contribution in [3.63, 3.8) is 0 Å². The fourth-order valence-corrected chi connectivity index (χ4v) is 2.08. The normalized spacial score (nSPS) is 12.7. The maximum Gasteiger partial charge on any atom is 0.0795 e. The van der Waals surface area contributed by atoms with E-state index in [2.05, 4.69) is 27.1 Å². The summed E-state index contributed by atoms with van der Waals surface area (Å²) in [5.74, 6) is 0. The maximum absolute atomic E-state index is 6.11. The Bertz CT molecular complexity index is 479. The first-order valence-electron chi connectivity index (χ1n) is 5.15. The second kappa shape index (κ2) is 4.80. The van der Waals surface area contributed by atoms with Gasteiger partial charge in [0, 0.05) is 17.7 Å². The molecular formula is C12H14BrN3. The molecule has 0 radical (unpaired) electrons. The van der Waals surface area contributed by atoms with Crippen LogP contribution in [0.1, 0.15) is 17.3 Å². The summed E-state index contributed by atoms with van der Waals surface area (Å²) in [6.07, 6.45) is 2.70. The summed E-state index contributed by atoms with van der Waals surface area (Å²) in [7, 11) is 1.90. The SMILES string of the molecule is Cn1ccc(C(N)Cc2ccccc2Br)n1. The Hall–Kier alpha value is -1.13. The smallest absolute Gasteiger partial charge is 0.0795 e. The number of aromatic nitrogens is 2. The Balaban J connectivity index is 2.13.